The van der Waals surface area contributed by atoms with Crippen LogP contribution in [-0.4, -0.2) is 11.6 Å². The number of hydrogen-bond donors (Lipinski definition) is 0. The topological polar surface area (TPSA) is 34.1 Å². The monoisotopic (exact) mass is 398 g/mol. The molecule has 0 aromatic rings. The molecule has 7 atom stereocenters. The first-order chi connectivity index (χ1) is 13.7. The van der Waals surface area contributed by atoms with E-state index >= 15 is 0 Å². The van der Waals surface area contributed by atoms with Gasteiger partial charge in [-0.1, -0.05) is 65.5 Å². The maximum atomic E-state index is 13.7. The van der Waals surface area contributed by atoms with Crippen molar-refractivity contribution in [3.8, 4) is 0 Å². The highest BCUT2D eigenvalue weighted by Crippen LogP contribution is 2.65. The Bertz CT molecular complexity index is 703. The molecule has 4 aliphatic carbocycles. The molecule has 0 aromatic heterocycles. The van der Waals surface area contributed by atoms with Crippen LogP contribution in [-0.2, 0) is 9.59 Å². The number of rotatable bonds is 5. The number of carbonyl (C=O) groups excluding carboxylic acids is 2. The van der Waals surface area contributed by atoms with Gasteiger partial charge in [0.1, 0.15) is 11.6 Å². The van der Waals surface area contributed by atoms with Gasteiger partial charge in [0, 0.05) is 25.2 Å². The predicted molar refractivity (Wildman–Crippen MR) is 118 cm³/mol. The van der Waals surface area contributed by atoms with Crippen LogP contribution in [0.5, 0.6) is 0 Å². The molecule has 162 valence electrons. The van der Waals surface area contributed by atoms with Crippen LogP contribution in [0.1, 0.15) is 98.8 Å². The maximum Gasteiger partial charge on any atom is 0.141 e. The van der Waals surface area contributed by atoms with Crippen molar-refractivity contribution in [2.45, 2.75) is 98.8 Å². The summed E-state index contributed by atoms with van der Waals surface area (Å²) in [4.78, 5) is 25.7. The second-order valence-electron chi connectivity index (χ2n) is 12.0. The van der Waals surface area contributed by atoms with E-state index in [2.05, 4.69) is 40.7 Å². The van der Waals surface area contributed by atoms with E-state index in [4.69, 9.17) is 0 Å². The molecule has 2 nitrogen and oxygen atoms in total. The lowest BCUT2D eigenvalue weighted by molar-refractivity contribution is -0.140. The van der Waals surface area contributed by atoms with E-state index in [9.17, 15) is 9.59 Å². The molecule has 0 N–H and O–H groups in total. The first-order valence-corrected chi connectivity index (χ1v) is 12.4. The summed E-state index contributed by atoms with van der Waals surface area (Å²) in [6.07, 6.45) is 13.0. The highest BCUT2D eigenvalue weighted by atomic mass is 16.1. The fourth-order valence-corrected chi connectivity index (χ4v) is 8.16. The number of Topliss-reactive ketones (excluding diaryl/α,β-unsaturated/α-hetero) is 2. The van der Waals surface area contributed by atoms with Crippen molar-refractivity contribution in [1.82, 2.24) is 0 Å². The van der Waals surface area contributed by atoms with Gasteiger partial charge in [0.15, 0.2) is 0 Å². The number of carbonyl (C=O) groups is 2. The zero-order chi connectivity index (χ0) is 21.0. The van der Waals surface area contributed by atoms with Gasteiger partial charge in [-0.25, -0.2) is 0 Å². The van der Waals surface area contributed by atoms with Crippen LogP contribution in [0, 0.1) is 46.3 Å². The lowest BCUT2D eigenvalue weighted by Crippen LogP contribution is -2.53. The fourth-order valence-electron chi connectivity index (χ4n) is 8.16. The van der Waals surface area contributed by atoms with E-state index in [1.54, 1.807) is 0 Å². The van der Waals surface area contributed by atoms with Gasteiger partial charge in [0.25, 0.3) is 0 Å². The zero-order valence-corrected chi connectivity index (χ0v) is 19.4. The molecule has 3 fully saturated rings. The van der Waals surface area contributed by atoms with Crippen LogP contribution in [0.4, 0.5) is 0 Å². The summed E-state index contributed by atoms with van der Waals surface area (Å²) in [5, 5.41) is 0. The molecular formula is C27H42O2. The Morgan fingerprint density at radius 3 is 2.55 bits per heavy atom. The van der Waals surface area contributed by atoms with Gasteiger partial charge in [0.05, 0.1) is 0 Å². The Balaban J connectivity index is 1.57. The molecule has 0 amide bonds. The van der Waals surface area contributed by atoms with Crippen molar-refractivity contribution in [3.63, 3.8) is 0 Å². The summed E-state index contributed by atoms with van der Waals surface area (Å²) in [6, 6.07) is 0. The molecular weight excluding hydrogens is 356 g/mol. The third kappa shape index (κ3) is 3.47. The third-order valence-electron chi connectivity index (χ3n) is 9.80. The molecule has 4 aliphatic rings. The van der Waals surface area contributed by atoms with E-state index in [-0.39, 0.29) is 16.7 Å². The Kier molecular flexibility index (Phi) is 5.62. The molecule has 0 spiro atoms. The maximum absolute atomic E-state index is 13.7. The minimum Gasteiger partial charge on any atom is -0.300 e. The van der Waals surface area contributed by atoms with Crippen molar-refractivity contribution < 1.29 is 9.59 Å². The van der Waals surface area contributed by atoms with Gasteiger partial charge < -0.3 is 0 Å². The predicted octanol–water partition coefficient (Wildman–Crippen LogP) is 6.78. The Hall–Kier alpha value is -0.920. The van der Waals surface area contributed by atoms with Crippen LogP contribution in [0.25, 0.3) is 0 Å². The first kappa shape index (κ1) is 21.3. The van der Waals surface area contributed by atoms with Gasteiger partial charge in [-0.3, -0.25) is 9.59 Å². The third-order valence-corrected chi connectivity index (χ3v) is 9.80. The summed E-state index contributed by atoms with van der Waals surface area (Å²) < 4.78 is 0. The zero-order valence-electron chi connectivity index (χ0n) is 19.4. The molecule has 3 saturated carbocycles. The molecule has 0 saturated heterocycles. The smallest absolute Gasteiger partial charge is 0.141 e. The largest absolute Gasteiger partial charge is 0.300 e. The van der Waals surface area contributed by atoms with Crippen molar-refractivity contribution >= 4 is 11.6 Å². The number of allylic oxidation sites excluding steroid dienone is 2. The summed E-state index contributed by atoms with van der Waals surface area (Å²) in [5.74, 6) is 4.18. The Morgan fingerprint density at radius 2 is 1.83 bits per heavy atom. The summed E-state index contributed by atoms with van der Waals surface area (Å²) >= 11 is 0. The molecule has 0 radical (unpaired) electrons. The Morgan fingerprint density at radius 1 is 1.07 bits per heavy atom. The van der Waals surface area contributed by atoms with E-state index in [0.717, 1.165) is 25.2 Å². The molecule has 29 heavy (non-hydrogen) atoms. The summed E-state index contributed by atoms with van der Waals surface area (Å²) in [6.45, 7) is 11.9. The number of ketones is 2. The van der Waals surface area contributed by atoms with E-state index in [1.807, 2.05) is 0 Å². The molecule has 1 unspecified atom stereocenters. The quantitative estimate of drug-likeness (QED) is 0.479. The van der Waals surface area contributed by atoms with Gasteiger partial charge in [-0.05, 0) is 66.1 Å². The highest BCUT2D eigenvalue weighted by Gasteiger charge is 2.61. The number of fused-ring (bicyclic) bond motifs is 5. The molecule has 0 aliphatic heterocycles. The minimum absolute atomic E-state index is 0.0252. The first-order valence-electron chi connectivity index (χ1n) is 12.4. The lowest BCUT2D eigenvalue weighted by Gasteiger charge is -2.56. The molecule has 2 heteroatoms. The average molecular weight is 399 g/mol. The van der Waals surface area contributed by atoms with Crippen LogP contribution >= 0.6 is 0 Å². The normalized spacial score (nSPS) is 42.9. The van der Waals surface area contributed by atoms with Gasteiger partial charge in [-0.2, -0.15) is 0 Å². The lowest BCUT2D eigenvalue weighted by atomic mass is 9.47. The van der Waals surface area contributed by atoms with E-state index < -0.39 is 0 Å². The summed E-state index contributed by atoms with van der Waals surface area (Å²) in [5.41, 5.74) is 1.68. The van der Waals surface area contributed by atoms with E-state index in [0.29, 0.717) is 48.1 Å². The van der Waals surface area contributed by atoms with Gasteiger partial charge >= 0.3 is 0 Å². The standard InChI is InChI=1S/C27H42O2/c1-17(2)7-6-8-18(3)22-11-12-23-21-10-9-19-15-20(28)13-14-26(19,4)25(21)24(29)16-27(22,23)5/h10,17-19,22-23,25H,6-9,11-16H2,1-5H3/t18-,19?,22-,23+,25-,26+,27-/m1/s1. The van der Waals surface area contributed by atoms with Crippen LogP contribution < -0.4 is 0 Å². The van der Waals surface area contributed by atoms with Crippen molar-refractivity contribution in [3.05, 3.63) is 11.6 Å². The van der Waals surface area contributed by atoms with Gasteiger partial charge in [0.2, 0.25) is 0 Å². The minimum atomic E-state index is 0.0252. The van der Waals surface area contributed by atoms with Crippen molar-refractivity contribution in [1.29, 1.82) is 0 Å². The molecule has 0 aromatic carbocycles. The second kappa shape index (κ2) is 7.65. The number of hydrogen-bond acceptors (Lipinski definition) is 2. The van der Waals surface area contributed by atoms with E-state index in [1.165, 1.54) is 37.7 Å². The second-order valence-corrected chi connectivity index (χ2v) is 12.0. The van der Waals surface area contributed by atoms with Gasteiger partial charge in [-0.15, -0.1) is 0 Å². The highest BCUT2D eigenvalue weighted by molar-refractivity contribution is 5.88. The van der Waals surface area contributed by atoms with Crippen molar-refractivity contribution in [2.24, 2.45) is 46.3 Å². The van der Waals surface area contributed by atoms with Crippen LogP contribution in [0.3, 0.4) is 0 Å². The summed E-state index contributed by atoms with van der Waals surface area (Å²) in [7, 11) is 0. The van der Waals surface area contributed by atoms with Crippen molar-refractivity contribution in [2.75, 3.05) is 0 Å². The van der Waals surface area contributed by atoms with Crippen LogP contribution in [0.2, 0.25) is 0 Å². The molecule has 0 bridgehead atoms. The fraction of sp³-hybridized carbons (Fsp3) is 0.852. The molecule has 0 heterocycles. The SMILES string of the molecule is CC(C)CCC[C@@H](C)[C@H]1CC[C@H]2C3=CCC4CC(=O)CC[C@]4(C)[C@H]3C(=O)C[C@]12C. The average Bonchev–Trinajstić information content (AvgIpc) is 2.98. The molecule has 4 rings (SSSR count). The Labute approximate surface area is 178 Å². The van der Waals surface area contributed by atoms with Crippen LogP contribution in [0.15, 0.2) is 11.6 Å².